The van der Waals surface area contributed by atoms with Gasteiger partial charge in [-0.15, -0.1) is 0 Å². The Balaban J connectivity index is 1.35. The number of carbonyl (C=O) groups excluding carboxylic acids is 1. The van der Waals surface area contributed by atoms with Crippen molar-refractivity contribution in [2.45, 2.75) is 13.3 Å². The van der Waals surface area contributed by atoms with Crippen LogP contribution in [-0.4, -0.2) is 34.0 Å². The van der Waals surface area contributed by atoms with Gasteiger partial charge >= 0.3 is 0 Å². The third-order valence-electron chi connectivity index (χ3n) is 5.77. The number of amides is 1. The molecule has 1 amide bonds. The van der Waals surface area contributed by atoms with E-state index in [2.05, 4.69) is 30.9 Å². The standard InChI is InChI=1S/C26H24N6O3/c1-16-21(15-30-26-23(16)28-12-13-35-26)32-20-8-11-29-24(33)22(20)25(34)31-19-4-2-17(3-5-19)14-18-6-9-27-10-7-18/h2-11,15,28H,12-14H2,1H3,(H,31,34)(H2,29,32,33). The van der Waals surface area contributed by atoms with Crippen molar-refractivity contribution in [3.05, 3.63) is 99.9 Å². The Morgan fingerprint density at radius 3 is 2.63 bits per heavy atom. The number of hydrogen-bond acceptors (Lipinski definition) is 7. The maximum Gasteiger partial charge on any atom is 0.263 e. The molecule has 0 radical (unpaired) electrons. The van der Waals surface area contributed by atoms with E-state index in [4.69, 9.17) is 4.74 Å². The van der Waals surface area contributed by atoms with Crippen LogP contribution in [0.3, 0.4) is 0 Å². The topological polar surface area (TPSA) is 121 Å². The Kier molecular flexibility index (Phi) is 6.13. The number of benzene rings is 1. The van der Waals surface area contributed by atoms with Gasteiger partial charge < -0.3 is 25.7 Å². The van der Waals surface area contributed by atoms with Gasteiger partial charge in [0.05, 0.1) is 17.6 Å². The molecule has 1 aliphatic heterocycles. The fourth-order valence-corrected chi connectivity index (χ4v) is 3.94. The van der Waals surface area contributed by atoms with Crippen LogP contribution in [0, 0.1) is 6.92 Å². The van der Waals surface area contributed by atoms with Crippen molar-refractivity contribution in [1.29, 1.82) is 0 Å². The molecule has 3 aromatic heterocycles. The maximum atomic E-state index is 13.1. The van der Waals surface area contributed by atoms with Crippen LogP contribution >= 0.6 is 0 Å². The zero-order chi connectivity index (χ0) is 24.2. The summed E-state index contributed by atoms with van der Waals surface area (Å²) in [6.07, 6.45) is 7.42. The molecule has 4 N–H and O–H groups in total. The number of H-pyrrole nitrogens is 1. The van der Waals surface area contributed by atoms with Gasteiger partial charge in [0.25, 0.3) is 11.5 Å². The molecule has 0 saturated heterocycles. The number of nitrogens with one attached hydrogen (secondary N) is 4. The van der Waals surface area contributed by atoms with Crippen LogP contribution in [0.15, 0.2) is 72.0 Å². The van der Waals surface area contributed by atoms with Crippen LogP contribution in [0.5, 0.6) is 5.88 Å². The summed E-state index contributed by atoms with van der Waals surface area (Å²) < 4.78 is 5.58. The number of aromatic amines is 1. The summed E-state index contributed by atoms with van der Waals surface area (Å²) in [4.78, 5) is 36.7. The molecule has 9 heteroatoms. The van der Waals surface area contributed by atoms with Crippen molar-refractivity contribution < 1.29 is 9.53 Å². The number of ether oxygens (including phenoxy) is 1. The second kappa shape index (κ2) is 9.68. The molecule has 4 heterocycles. The van der Waals surface area contributed by atoms with E-state index in [0.29, 0.717) is 36.1 Å². The lowest BCUT2D eigenvalue weighted by molar-refractivity contribution is 0.102. The van der Waals surface area contributed by atoms with Crippen molar-refractivity contribution in [3.63, 3.8) is 0 Å². The molecule has 5 rings (SSSR count). The van der Waals surface area contributed by atoms with Crippen LogP contribution in [0.4, 0.5) is 22.7 Å². The SMILES string of the molecule is Cc1c(Nc2cc[nH]c(=O)c2C(=O)Nc2ccc(Cc3ccncc3)cc2)cnc2c1NCCO2. The third kappa shape index (κ3) is 4.84. The number of hydrogen-bond donors (Lipinski definition) is 4. The molecule has 0 fully saturated rings. The second-order valence-electron chi connectivity index (χ2n) is 8.16. The number of anilines is 4. The Bertz CT molecular complexity index is 1420. The normalized spacial score (nSPS) is 12.1. The molecule has 0 atom stereocenters. The van der Waals surface area contributed by atoms with Gasteiger partial charge in [0.2, 0.25) is 5.88 Å². The fraction of sp³-hybridized carbons (Fsp3) is 0.154. The highest BCUT2D eigenvalue weighted by Crippen LogP contribution is 2.34. The van der Waals surface area contributed by atoms with E-state index < -0.39 is 11.5 Å². The zero-order valence-electron chi connectivity index (χ0n) is 19.1. The van der Waals surface area contributed by atoms with E-state index in [1.165, 1.54) is 6.20 Å². The van der Waals surface area contributed by atoms with Gasteiger partial charge in [0.1, 0.15) is 17.9 Å². The molecule has 0 aliphatic carbocycles. The molecule has 0 unspecified atom stereocenters. The smallest absolute Gasteiger partial charge is 0.263 e. The van der Waals surface area contributed by atoms with E-state index in [1.807, 2.05) is 43.3 Å². The lowest BCUT2D eigenvalue weighted by Crippen LogP contribution is -2.25. The van der Waals surface area contributed by atoms with Crippen LogP contribution in [0.2, 0.25) is 0 Å². The fourth-order valence-electron chi connectivity index (χ4n) is 3.94. The third-order valence-corrected chi connectivity index (χ3v) is 5.77. The lowest BCUT2D eigenvalue weighted by Gasteiger charge is -2.22. The molecular formula is C26H24N6O3. The Morgan fingerprint density at radius 2 is 1.83 bits per heavy atom. The van der Waals surface area contributed by atoms with Gasteiger partial charge in [-0.05, 0) is 54.8 Å². The van der Waals surface area contributed by atoms with E-state index >= 15 is 0 Å². The largest absolute Gasteiger partial charge is 0.474 e. The first kappa shape index (κ1) is 22.1. The molecular weight excluding hydrogens is 444 g/mol. The highest BCUT2D eigenvalue weighted by atomic mass is 16.5. The average Bonchev–Trinajstić information content (AvgIpc) is 2.88. The first-order valence-electron chi connectivity index (χ1n) is 11.2. The highest BCUT2D eigenvalue weighted by molar-refractivity contribution is 6.08. The van der Waals surface area contributed by atoms with E-state index in [9.17, 15) is 9.59 Å². The Hall–Kier alpha value is -4.66. The van der Waals surface area contributed by atoms with Gasteiger partial charge in [0.15, 0.2) is 0 Å². The Labute approximate surface area is 201 Å². The number of rotatable bonds is 6. The van der Waals surface area contributed by atoms with Crippen LogP contribution < -0.4 is 26.2 Å². The van der Waals surface area contributed by atoms with Gasteiger partial charge in [-0.2, -0.15) is 0 Å². The van der Waals surface area contributed by atoms with Gasteiger partial charge in [0, 0.05) is 36.4 Å². The van der Waals surface area contributed by atoms with Crippen molar-refractivity contribution in [3.8, 4) is 5.88 Å². The van der Waals surface area contributed by atoms with Crippen molar-refractivity contribution in [2.24, 2.45) is 0 Å². The molecule has 176 valence electrons. The molecule has 1 aliphatic rings. The minimum Gasteiger partial charge on any atom is -0.474 e. The minimum atomic E-state index is -0.513. The first-order chi connectivity index (χ1) is 17.1. The Morgan fingerprint density at radius 1 is 1.06 bits per heavy atom. The summed E-state index contributed by atoms with van der Waals surface area (Å²) in [5.74, 6) is 0.0248. The number of fused-ring (bicyclic) bond motifs is 1. The van der Waals surface area contributed by atoms with Crippen LogP contribution in [0.25, 0.3) is 0 Å². The van der Waals surface area contributed by atoms with Crippen molar-refractivity contribution in [1.82, 2.24) is 15.0 Å². The zero-order valence-corrected chi connectivity index (χ0v) is 19.1. The van der Waals surface area contributed by atoms with E-state index in [1.54, 1.807) is 24.7 Å². The predicted octanol–water partition coefficient (Wildman–Crippen LogP) is 3.86. The number of pyridine rings is 3. The lowest BCUT2D eigenvalue weighted by atomic mass is 10.1. The van der Waals surface area contributed by atoms with E-state index in [-0.39, 0.29) is 5.56 Å². The summed E-state index contributed by atoms with van der Waals surface area (Å²) in [7, 11) is 0. The molecule has 0 saturated carbocycles. The number of nitrogens with zero attached hydrogens (tertiary/aromatic N) is 2. The predicted molar refractivity (Wildman–Crippen MR) is 135 cm³/mol. The molecule has 35 heavy (non-hydrogen) atoms. The molecule has 9 nitrogen and oxygen atoms in total. The number of aromatic nitrogens is 3. The summed E-state index contributed by atoms with van der Waals surface area (Å²) in [5.41, 5.74) is 5.05. The summed E-state index contributed by atoms with van der Waals surface area (Å²) in [6, 6.07) is 13.1. The van der Waals surface area contributed by atoms with Crippen LogP contribution in [-0.2, 0) is 6.42 Å². The van der Waals surface area contributed by atoms with Gasteiger partial charge in [-0.3, -0.25) is 14.6 Å². The highest BCUT2D eigenvalue weighted by Gasteiger charge is 2.20. The quantitative estimate of drug-likeness (QED) is 0.339. The molecule has 4 aromatic rings. The second-order valence-corrected chi connectivity index (χ2v) is 8.16. The molecule has 0 spiro atoms. The first-order valence-corrected chi connectivity index (χ1v) is 11.2. The summed E-state index contributed by atoms with van der Waals surface area (Å²) in [6.45, 7) is 3.15. The van der Waals surface area contributed by atoms with Gasteiger partial charge in [-0.25, -0.2) is 4.98 Å². The van der Waals surface area contributed by atoms with Crippen molar-refractivity contribution >= 4 is 28.7 Å². The summed E-state index contributed by atoms with van der Waals surface area (Å²) >= 11 is 0. The maximum absolute atomic E-state index is 13.1. The number of carbonyl (C=O) groups is 1. The van der Waals surface area contributed by atoms with E-state index in [0.717, 1.165) is 28.8 Å². The van der Waals surface area contributed by atoms with Gasteiger partial charge in [-0.1, -0.05) is 12.1 Å². The summed E-state index contributed by atoms with van der Waals surface area (Å²) in [5, 5.41) is 9.30. The minimum absolute atomic E-state index is 0.0188. The average molecular weight is 469 g/mol. The van der Waals surface area contributed by atoms with Crippen LogP contribution in [0.1, 0.15) is 27.0 Å². The molecule has 1 aromatic carbocycles. The van der Waals surface area contributed by atoms with Crippen molar-refractivity contribution in [2.75, 3.05) is 29.1 Å². The monoisotopic (exact) mass is 468 g/mol. The molecule has 0 bridgehead atoms.